The number of hydrogen-bond donors (Lipinski definition) is 0. The average Bonchev–Trinajstić information content (AvgIpc) is 3.11. The highest BCUT2D eigenvalue weighted by molar-refractivity contribution is 5.94. The van der Waals surface area contributed by atoms with Gasteiger partial charge in [0.25, 0.3) is 0 Å². The topological polar surface area (TPSA) is 128 Å². The van der Waals surface area contributed by atoms with E-state index in [9.17, 15) is 19.8 Å². The van der Waals surface area contributed by atoms with Crippen LogP contribution in [0, 0.1) is 0 Å². The largest absolute Gasteiger partial charge is 0.545 e. The van der Waals surface area contributed by atoms with Crippen molar-refractivity contribution >= 4 is 17.6 Å². The number of carbonyl (C=O) groups excluding carboxylic acids is 2. The fraction of sp³-hybridized carbons (Fsp3) is 0.154. The lowest BCUT2D eigenvalue weighted by molar-refractivity contribution is -0.256. The predicted molar refractivity (Wildman–Crippen MR) is 68.5 cm³/mol. The molecule has 0 amide bonds. The Balaban J connectivity index is 2.34. The first-order valence-corrected chi connectivity index (χ1v) is 6.36. The molecule has 3 aromatic rings. The van der Waals surface area contributed by atoms with Crippen molar-refractivity contribution in [2.45, 2.75) is 13.5 Å². The van der Waals surface area contributed by atoms with Gasteiger partial charge in [0, 0.05) is 12.7 Å². The number of aromatic nitrogens is 5. The first kappa shape index (κ1) is 13.7. The number of fused-ring (bicyclic) bond motifs is 1. The lowest BCUT2D eigenvalue weighted by Gasteiger charge is -2.10. The predicted octanol–water partition coefficient (Wildman–Crippen LogP) is -1.66. The number of nitrogens with zero attached hydrogens (tertiary/aromatic N) is 5. The summed E-state index contributed by atoms with van der Waals surface area (Å²) < 4.78 is 2.50. The Labute approximate surface area is 123 Å². The van der Waals surface area contributed by atoms with Gasteiger partial charge in [-0.25, -0.2) is 9.50 Å². The molecule has 0 spiro atoms. The summed E-state index contributed by atoms with van der Waals surface area (Å²) in [7, 11) is 0. The highest BCUT2D eigenvalue weighted by Gasteiger charge is 2.15. The summed E-state index contributed by atoms with van der Waals surface area (Å²) in [5.41, 5.74) is 0.0795. The maximum Gasteiger partial charge on any atom is 0.165 e. The van der Waals surface area contributed by atoms with E-state index in [0.717, 1.165) is 10.7 Å². The Morgan fingerprint density at radius 1 is 1.23 bits per heavy atom. The van der Waals surface area contributed by atoms with Gasteiger partial charge >= 0.3 is 0 Å². The maximum absolute atomic E-state index is 11.3. The molecule has 0 aliphatic heterocycles. The molecular formula is C13H9N5O4-2. The van der Waals surface area contributed by atoms with Crippen LogP contribution in [0.3, 0.4) is 0 Å². The van der Waals surface area contributed by atoms with Crippen LogP contribution in [0.25, 0.3) is 17.0 Å². The van der Waals surface area contributed by atoms with Gasteiger partial charge in [-0.05, 0) is 19.1 Å². The lowest BCUT2D eigenvalue weighted by atomic mass is 10.2. The van der Waals surface area contributed by atoms with Gasteiger partial charge in [-0.3, -0.25) is 4.68 Å². The van der Waals surface area contributed by atoms with Crippen molar-refractivity contribution in [2.24, 2.45) is 0 Å². The minimum atomic E-state index is -1.50. The van der Waals surface area contributed by atoms with Crippen LogP contribution in [-0.4, -0.2) is 36.3 Å². The molecule has 3 heterocycles. The molecule has 0 aliphatic rings. The van der Waals surface area contributed by atoms with Crippen LogP contribution in [0.15, 0.2) is 24.5 Å². The fourth-order valence-corrected chi connectivity index (χ4v) is 2.19. The standard InChI is InChI=1S/C13H11N5O4/c1-2-17-9(3-4-14-17)8-5-10(13(21)22)18-11(16-8)7(6-15-18)12(19)20/h3-6H,2H2,1H3,(H,19,20)(H,21,22)/p-2. The molecule has 0 radical (unpaired) electrons. The van der Waals surface area contributed by atoms with Crippen LogP contribution in [0.1, 0.15) is 27.8 Å². The monoisotopic (exact) mass is 299 g/mol. The summed E-state index contributed by atoms with van der Waals surface area (Å²) in [6, 6.07) is 2.91. The Morgan fingerprint density at radius 3 is 2.64 bits per heavy atom. The number of hydrogen-bond acceptors (Lipinski definition) is 7. The van der Waals surface area contributed by atoms with Gasteiger partial charge in [0.2, 0.25) is 0 Å². The van der Waals surface area contributed by atoms with Crippen molar-refractivity contribution in [1.29, 1.82) is 0 Å². The normalized spacial score (nSPS) is 11.0. The smallest absolute Gasteiger partial charge is 0.165 e. The van der Waals surface area contributed by atoms with E-state index in [1.165, 1.54) is 6.07 Å². The maximum atomic E-state index is 11.3. The van der Waals surface area contributed by atoms with E-state index >= 15 is 0 Å². The quantitative estimate of drug-likeness (QED) is 0.563. The van der Waals surface area contributed by atoms with Crippen LogP contribution in [0.4, 0.5) is 0 Å². The van der Waals surface area contributed by atoms with Crippen LogP contribution in [-0.2, 0) is 6.54 Å². The molecule has 0 N–H and O–H groups in total. The van der Waals surface area contributed by atoms with Crippen LogP contribution in [0.2, 0.25) is 0 Å². The van der Waals surface area contributed by atoms with Gasteiger partial charge in [0.1, 0.15) is 0 Å². The molecular weight excluding hydrogens is 290 g/mol. The molecule has 9 nitrogen and oxygen atoms in total. The molecule has 0 aliphatic carbocycles. The minimum Gasteiger partial charge on any atom is -0.545 e. The third-order valence-electron chi connectivity index (χ3n) is 3.18. The second-order valence-corrected chi connectivity index (χ2v) is 4.43. The lowest BCUT2D eigenvalue weighted by Crippen LogP contribution is -2.26. The van der Waals surface area contributed by atoms with Gasteiger partial charge in [-0.1, -0.05) is 0 Å². The molecule has 3 rings (SSSR count). The van der Waals surface area contributed by atoms with Crippen molar-refractivity contribution in [3.8, 4) is 11.4 Å². The molecule has 0 saturated carbocycles. The number of rotatable bonds is 4. The van der Waals surface area contributed by atoms with Crippen molar-refractivity contribution in [3.05, 3.63) is 35.8 Å². The number of carboxylic acids is 2. The van der Waals surface area contributed by atoms with Gasteiger partial charge in [0.15, 0.2) is 5.65 Å². The molecule has 0 saturated heterocycles. The zero-order valence-corrected chi connectivity index (χ0v) is 11.4. The van der Waals surface area contributed by atoms with E-state index < -0.39 is 11.9 Å². The zero-order chi connectivity index (χ0) is 15.9. The first-order chi connectivity index (χ1) is 10.5. The molecule has 0 unspecified atom stereocenters. The Bertz CT molecular complexity index is 895. The highest BCUT2D eigenvalue weighted by Crippen LogP contribution is 2.21. The Kier molecular flexibility index (Phi) is 3.09. The van der Waals surface area contributed by atoms with E-state index in [-0.39, 0.29) is 22.6 Å². The highest BCUT2D eigenvalue weighted by atomic mass is 16.4. The second kappa shape index (κ2) is 4.95. The molecule has 0 atom stereocenters. The van der Waals surface area contributed by atoms with E-state index in [0.29, 0.717) is 12.2 Å². The van der Waals surface area contributed by atoms with Crippen LogP contribution < -0.4 is 10.2 Å². The minimum absolute atomic E-state index is 0.124. The Hall–Kier alpha value is -3.23. The Morgan fingerprint density at radius 2 is 2.00 bits per heavy atom. The third kappa shape index (κ3) is 1.99. The van der Waals surface area contributed by atoms with Crippen molar-refractivity contribution in [2.75, 3.05) is 0 Å². The summed E-state index contributed by atoms with van der Waals surface area (Å²) in [6.45, 7) is 2.41. The van der Waals surface area contributed by atoms with Crippen molar-refractivity contribution in [1.82, 2.24) is 24.4 Å². The molecule has 0 bridgehead atoms. The summed E-state index contributed by atoms with van der Waals surface area (Å²) in [5.74, 6) is -2.99. The van der Waals surface area contributed by atoms with E-state index in [4.69, 9.17) is 0 Å². The summed E-state index contributed by atoms with van der Waals surface area (Å²) in [4.78, 5) is 26.6. The number of aryl methyl sites for hydroxylation is 1. The van der Waals surface area contributed by atoms with E-state index in [2.05, 4.69) is 15.2 Å². The van der Waals surface area contributed by atoms with Crippen molar-refractivity contribution < 1.29 is 19.8 Å². The average molecular weight is 299 g/mol. The molecule has 0 aromatic carbocycles. The van der Waals surface area contributed by atoms with Crippen molar-refractivity contribution in [3.63, 3.8) is 0 Å². The molecule has 0 fully saturated rings. The van der Waals surface area contributed by atoms with E-state index in [1.807, 2.05) is 6.92 Å². The van der Waals surface area contributed by atoms with Gasteiger partial charge < -0.3 is 19.8 Å². The summed E-state index contributed by atoms with van der Waals surface area (Å²) in [5, 5.41) is 30.2. The number of aromatic carboxylic acids is 2. The summed E-state index contributed by atoms with van der Waals surface area (Å²) in [6.07, 6.45) is 2.53. The number of carboxylic acid groups (broad SMARTS) is 2. The van der Waals surface area contributed by atoms with Gasteiger partial charge in [0.05, 0.1) is 40.8 Å². The molecule has 9 heteroatoms. The molecule has 22 heavy (non-hydrogen) atoms. The van der Waals surface area contributed by atoms with Gasteiger partial charge in [-0.2, -0.15) is 10.2 Å². The molecule has 112 valence electrons. The number of carbonyl (C=O) groups is 2. The SMILES string of the molecule is CCn1nccc1-c1cc(C(=O)[O-])n2ncc(C(=O)[O-])c2n1. The first-order valence-electron chi connectivity index (χ1n) is 6.36. The van der Waals surface area contributed by atoms with Gasteiger partial charge in [-0.15, -0.1) is 0 Å². The summed E-state index contributed by atoms with van der Waals surface area (Å²) >= 11 is 0. The third-order valence-corrected chi connectivity index (χ3v) is 3.18. The molecule has 3 aromatic heterocycles. The van der Waals surface area contributed by atoms with E-state index in [1.54, 1.807) is 16.9 Å². The van der Waals surface area contributed by atoms with Crippen LogP contribution in [0.5, 0.6) is 0 Å². The fourth-order valence-electron chi connectivity index (χ4n) is 2.19. The zero-order valence-electron chi connectivity index (χ0n) is 11.4. The van der Waals surface area contributed by atoms with Crippen LogP contribution >= 0.6 is 0 Å². The second-order valence-electron chi connectivity index (χ2n) is 4.43.